The molecular weight excluding hydrogens is 368 g/mol. The number of ketones is 1. The van der Waals surface area contributed by atoms with Crippen LogP contribution in [-0.4, -0.2) is 46.5 Å². The van der Waals surface area contributed by atoms with Gasteiger partial charge in [0.2, 0.25) is 0 Å². The Balaban J connectivity index is 1.26. The molecule has 0 aromatic rings. The molecule has 0 aromatic heterocycles. The highest BCUT2D eigenvalue weighted by molar-refractivity contribution is 6.45. The molecule has 4 amide bonds. The number of carbonyl (C=O) groups excluding carboxylic acids is 4. The molecule has 156 valence electrons. The molecule has 6 heteroatoms. The summed E-state index contributed by atoms with van der Waals surface area (Å²) < 4.78 is 0. The van der Waals surface area contributed by atoms with Gasteiger partial charge in [-0.1, -0.05) is 11.6 Å². The lowest BCUT2D eigenvalue weighted by atomic mass is 9.48. The van der Waals surface area contributed by atoms with Crippen LogP contribution in [0, 0.1) is 23.2 Å². The van der Waals surface area contributed by atoms with E-state index in [1.807, 2.05) is 0 Å². The lowest BCUT2D eigenvalue weighted by molar-refractivity contribution is -0.148. The first kappa shape index (κ1) is 19.0. The van der Waals surface area contributed by atoms with Crippen molar-refractivity contribution < 1.29 is 19.2 Å². The predicted octanol–water partition coefficient (Wildman–Crippen LogP) is 3.45. The second-order valence-corrected chi connectivity index (χ2v) is 10.1. The highest BCUT2D eigenvalue weighted by Gasteiger charge is 2.55. The van der Waals surface area contributed by atoms with E-state index in [-0.39, 0.29) is 24.3 Å². The first-order valence-electron chi connectivity index (χ1n) is 11.3. The number of carbonyl (C=O) groups is 4. The van der Waals surface area contributed by atoms with Gasteiger partial charge in [-0.05, 0) is 88.4 Å². The average Bonchev–Trinajstić information content (AvgIpc) is 2.89. The third-order valence-electron chi connectivity index (χ3n) is 8.11. The Morgan fingerprint density at radius 2 is 1.55 bits per heavy atom. The van der Waals surface area contributed by atoms with Gasteiger partial charge in [0, 0.05) is 12.0 Å². The lowest BCUT2D eigenvalue weighted by Gasteiger charge is -2.56. The fraction of sp³-hybridized carbons (Fsp3) is 0.739. The highest BCUT2D eigenvalue weighted by atomic mass is 16.2. The first-order chi connectivity index (χ1) is 13.9. The molecule has 1 aliphatic heterocycles. The number of hydrogen-bond acceptors (Lipinski definition) is 4. The second-order valence-electron chi connectivity index (χ2n) is 10.1. The number of amides is 4. The third-order valence-corrected chi connectivity index (χ3v) is 8.11. The van der Waals surface area contributed by atoms with Crippen LogP contribution in [0.25, 0.3) is 0 Å². The van der Waals surface area contributed by atoms with Crippen LogP contribution < -0.4 is 0 Å². The molecule has 6 nitrogen and oxygen atoms in total. The van der Waals surface area contributed by atoms with E-state index < -0.39 is 17.8 Å². The fourth-order valence-corrected chi connectivity index (χ4v) is 7.04. The number of urea groups is 1. The quantitative estimate of drug-likeness (QED) is 0.390. The summed E-state index contributed by atoms with van der Waals surface area (Å²) in [7, 11) is 0. The normalized spacial score (nSPS) is 36.2. The van der Waals surface area contributed by atoms with Gasteiger partial charge in [-0.3, -0.25) is 19.3 Å². The van der Waals surface area contributed by atoms with E-state index in [1.54, 1.807) is 0 Å². The molecule has 1 saturated heterocycles. The van der Waals surface area contributed by atoms with E-state index in [1.165, 1.54) is 31.3 Å². The van der Waals surface area contributed by atoms with Gasteiger partial charge in [0.05, 0.1) is 6.54 Å². The Hall–Kier alpha value is -1.98. The smallest absolute Gasteiger partial charge is 0.297 e. The number of hydrogen-bond donors (Lipinski definition) is 0. The van der Waals surface area contributed by atoms with Crippen LogP contribution in [0.1, 0.15) is 70.6 Å². The Kier molecular flexibility index (Phi) is 4.63. The summed E-state index contributed by atoms with van der Waals surface area (Å²) in [5.74, 6) is 0.268. The van der Waals surface area contributed by atoms with Crippen LogP contribution in [0.5, 0.6) is 0 Å². The molecule has 6 rings (SSSR count). The maximum atomic E-state index is 13.3. The van der Waals surface area contributed by atoms with E-state index in [0.29, 0.717) is 24.2 Å². The largest absolute Gasteiger partial charge is 0.334 e. The minimum absolute atomic E-state index is 0.00272. The second kappa shape index (κ2) is 7.06. The number of allylic oxidation sites excluding steroid dienone is 1. The van der Waals surface area contributed by atoms with Crippen molar-refractivity contribution in [2.45, 2.75) is 70.6 Å². The first-order valence-corrected chi connectivity index (χ1v) is 11.3. The van der Waals surface area contributed by atoms with Gasteiger partial charge < -0.3 is 0 Å². The van der Waals surface area contributed by atoms with E-state index >= 15 is 0 Å². The van der Waals surface area contributed by atoms with Crippen LogP contribution in [0.4, 0.5) is 4.79 Å². The average molecular weight is 399 g/mol. The minimum atomic E-state index is -0.828. The molecule has 1 heterocycles. The summed E-state index contributed by atoms with van der Waals surface area (Å²) in [6, 6.07) is -0.602. The third kappa shape index (κ3) is 3.24. The van der Waals surface area contributed by atoms with Crippen molar-refractivity contribution in [3.05, 3.63) is 11.6 Å². The van der Waals surface area contributed by atoms with Gasteiger partial charge in [-0.25, -0.2) is 9.69 Å². The van der Waals surface area contributed by atoms with Crippen molar-refractivity contribution in [2.75, 3.05) is 13.1 Å². The summed E-state index contributed by atoms with van der Waals surface area (Å²) in [5, 5.41) is 0. The van der Waals surface area contributed by atoms with E-state index in [0.717, 1.165) is 48.3 Å². The summed E-state index contributed by atoms with van der Waals surface area (Å²) in [4.78, 5) is 52.9. The van der Waals surface area contributed by atoms with Crippen LogP contribution in [0.2, 0.25) is 0 Å². The van der Waals surface area contributed by atoms with Gasteiger partial charge in [0.1, 0.15) is 0 Å². The Labute approximate surface area is 171 Å². The molecule has 0 N–H and O–H groups in total. The fourth-order valence-electron chi connectivity index (χ4n) is 7.04. The standard InChI is InChI=1S/C23H30N2O4/c26-19(23-11-16-8-17(12-23)10-18(9-16)13-23)14-25-21(28)20(27)24(22(25)29)7-6-15-4-2-1-3-5-15/h4,16-18H,1-3,5-14H2. The van der Waals surface area contributed by atoms with Crippen molar-refractivity contribution in [1.82, 2.24) is 9.80 Å². The number of imide groups is 2. The molecule has 29 heavy (non-hydrogen) atoms. The molecule has 5 fully saturated rings. The maximum absolute atomic E-state index is 13.3. The van der Waals surface area contributed by atoms with Gasteiger partial charge in [-0.15, -0.1) is 0 Å². The number of Topliss-reactive ketones (excluding diaryl/α,β-unsaturated/α-hetero) is 1. The van der Waals surface area contributed by atoms with Gasteiger partial charge in [0.25, 0.3) is 0 Å². The highest BCUT2D eigenvalue weighted by Crippen LogP contribution is 2.60. The Bertz CT molecular complexity index is 763. The number of rotatable bonds is 6. The van der Waals surface area contributed by atoms with Gasteiger partial charge in [-0.2, -0.15) is 0 Å². The summed E-state index contributed by atoms with van der Waals surface area (Å²) in [6.07, 6.45) is 13.6. The molecule has 0 unspecified atom stereocenters. The van der Waals surface area contributed by atoms with Crippen LogP contribution in [0.15, 0.2) is 11.6 Å². The maximum Gasteiger partial charge on any atom is 0.334 e. The van der Waals surface area contributed by atoms with Crippen molar-refractivity contribution >= 4 is 23.6 Å². The van der Waals surface area contributed by atoms with Crippen LogP contribution >= 0.6 is 0 Å². The zero-order valence-electron chi connectivity index (χ0n) is 17.0. The molecule has 0 radical (unpaired) electrons. The zero-order chi connectivity index (χ0) is 20.2. The molecule has 4 saturated carbocycles. The molecule has 0 aromatic carbocycles. The number of nitrogens with zero attached hydrogens (tertiary/aromatic N) is 2. The van der Waals surface area contributed by atoms with Gasteiger partial charge in [0.15, 0.2) is 5.78 Å². The lowest BCUT2D eigenvalue weighted by Crippen LogP contribution is -2.53. The Morgan fingerprint density at radius 1 is 0.931 bits per heavy atom. The molecule has 6 aliphatic rings. The van der Waals surface area contributed by atoms with Crippen LogP contribution in [0.3, 0.4) is 0 Å². The minimum Gasteiger partial charge on any atom is -0.297 e. The van der Waals surface area contributed by atoms with Crippen molar-refractivity contribution in [1.29, 1.82) is 0 Å². The van der Waals surface area contributed by atoms with E-state index in [4.69, 9.17) is 0 Å². The predicted molar refractivity (Wildman–Crippen MR) is 106 cm³/mol. The molecular formula is C23H30N2O4. The Morgan fingerprint density at radius 3 is 2.14 bits per heavy atom. The molecule has 0 atom stereocenters. The van der Waals surface area contributed by atoms with E-state index in [2.05, 4.69) is 6.08 Å². The van der Waals surface area contributed by atoms with Crippen molar-refractivity contribution in [2.24, 2.45) is 23.2 Å². The topological polar surface area (TPSA) is 74.8 Å². The molecule has 0 spiro atoms. The van der Waals surface area contributed by atoms with Crippen molar-refractivity contribution in [3.8, 4) is 0 Å². The zero-order valence-corrected chi connectivity index (χ0v) is 17.0. The van der Waals surface area contributed by atoms with Crippen molar-refractivity contribution in [3.63, 3.8) is 0 Å². The van der Waals surface area contributed by atoms with Crippen LogP contribution in [-0.2, 0) is 14.4 Å². The summed E-state index contributed by atoms with van der Waals surface area (Å²) in [5.41, 5.74) is 0.894. The summed E-state index contributed by atoms with van der Waals surface area (Å²) >= 11 is 0. The van der Waals surface area contributed by atoms with Gasteiger partial charge >= 0.3 is 17.8 Å². The SMILES string of the molecule is O=C1C(=O)N(CC(=O)C23CC4CC(CC(C4)C2)C3)C(=O)N1CCC1=CCCCC1. The monoisotopic (exact) mass is 398 g/mol. The molecule has 5 aliphatic carbocycles. The van der Waals surface area contributed by atoms with E-state index in [9.17, 15) is 19.2 Å². The summed E-state index contributed by atoms with van der Waals surface area (Å²) in [6.45, 7) is 0.00601. The molecule has 4 bridgehead atoms.